The van der Waals surface area contributed by atoms with E-state index in [-0.39, 0.29) is 0 Å². The highest BCUT2D eigenvalue weighted by Gasteiger charge is 2.13. The maximum absolute atomic E-state index is 5.46. The van der Waals surface area contributed by atoms with E-state index >= 15 is 0 Å². The number of morpholine rings is 1. The van der Waals surface area contributed by atoms with Crippen LogP contribution in [0.4, 0.5) is 0 Å². The quantitative estimate of drug-likeness (QED) is 0.867. The zero-order chi connectivity index (χ0) is 12.2. The third-order valence-corrected chi connectivity index (χ3v) is 3.04. The Morgan fingerprint density at radius 3 is 3.00 bits per heavy atom. The number of ether oxygens (including phenoxy) is 1. The summed E-state index contributed by atoms with van der Waals surface area (Å²) in [5.74, 6) is 0. The SMILES string of the molecule is c1cc(C[C@H]2COCCN2)cc(-n2nccn2)c1. The Morgan fingerprint density at radius 2 is 2.22 bits per heavy atom. The molecule has 0 radical (unpaired) electrons. The van der Waals surface area contributed by atoms with Crippen molar-refractivity contribution in [2.45, 2.75) is 12.5 Å². The van der Waals surface area contributed by atoms with Crippen molar-refractivity contribution < 1.29 is 4.74 Å². The molecule has 18 heavy (non-hydrogen) atoms. The predicted molar refractivity (Wildman–Crippen MR) is 67.7 cm³/mol. The highest BCUT2D eigenvalue weighted by molar-refractivity contribution is 5.34. The number of nitrogens with one attached hydrogen (secondary N) is 1. The summed E-state index contributed by atoms with van der Waals surface area (Å²) in [6, 6.07) is 8.70. The fourth-order valence-corrected chi connectivity index (χ4v) is 2.19. The minimum atomic E-state index is 0.402. The molecule has 5 nitrogen and oxygen atoms in total. The van der Waals surface area contributed by atoms with Crippen molar-refractivity contribution >= 4 is 0 Å². The van der Waals surface area contributed by atoms with Gasteiger partial charge in [0.15, 0.2) is 0 Å². The molecule has 94 valence electrons. The van der Waals surface area contributed by atoms with Gasteiger partial charge in [0.05, 0.1) is 31.3 Å². The summed E-state index contributed by atoms with van der Waals surface area (Å²) in [5, 5.41) is 11.7. The van der Waals surface area contributed by atoms with Gasteiger partial charge in [-0.05, 0) is 24.1 Å². The molecule has 1 aromatic carbocycles. The Bertz CT molecular complexity index is 491. The summed E-state index contributed by atoms with van der Waals surface area (Å²) in [7, 11) is 0. The predicted octanol–water partition coefficient (Wildman–Crippen LogP) is 0.798. The highest BCUT2D eigenvalue weighted by Crippen LogP contribution is 2.11. The van der Waals surface area contributed by atoms with Crippen molar-refractivity contribution in [1.29, 1.82) is 0 Å². The van der Waals surface area contributed by atoms with E-state index in [0.717, 1.165) is 31.9 Å². The van der Waals surface area contributed by atoms with Crippen LogP contribution in [0.1, 0.15) is 5.56 Å². The number of aromatic nitrogens is 3. The summed E-state index contributed by atoms with van der Waals surface area (Å²) < 4.78 is 5.46. The largest absolute Gasteiger partial charge is 0.379 e. The first-order valence-corrected chi connectivity index (χ1v) is 6.18. The lowest BCUT2D eigenvalue weighted by Crippen LogP contribution is -2.42. The molecule has 0 bridgehead atoms. The minimum Gasteiger partial charge on any atom is -0.379 e. The second-order valence-electron chi connectivity index (χ2n) is 4.42. The molecule has 1 aliphatic heterocycles. The van der Waals surface area contributed by atoms with E-state index in [9.17, 15) is 0 Å². The fourth-order valence-electron chi connectivity index (χ4n) is 2.19. The molecule has 1 aliphatic rings. The van der Waals surface area contributed by atoms with E-state index in [1.165, 1.54) is 5.56 Å². The Kier molecular flexibility index (Phi) is 3.34. The lowest BCUT2D eigenvalue weighted by Gasteiger charge is -2.23. The molecule has 3 rings (SSSR count). The van der Waals surface area contributed by atoms with Crippen LogP contribution in [0.15, 0.2) is 36.7 Å². The van der Waals surface area contributed by atoms with Crippen LogP contribution < -0.4 is 5.32 Å². The fraction of sp³-hybridized carbons (Fsp3) is 0.385. The lowest BCUT2D eigenvalue weighted by atomic mass is 10.1. The molecule has 1 atom stereocenters. The molecule has 1 saturated heterocycles. The monoisotopic (exact) mass is 244 g/mol. The molecule has 0 amide bonds. The first kappa shape index (κ1) is 11.4. The Labute approximate surface area is 106 Å². The molecule has 1 fully saturated rings. The van der Waals surface area contributed by atoms with Crippen LogP contribution in [0.2, 0.25) is 0 Å². The van der Waals surface area contributed by atoms with Crippen LogP contribution in [-0.4, -0.2) is 40.8 Å². The smallest absolute Gasteiger partial charge is 0.0859 e. The van der Waals surface area contributed by atoms with Crippen LogP contribution in [0, 0.1) is 0 Å². The van der Waals surface area contributed by atoms with E-state index in [1.54, 1.807) is 17.2 Å². The van der Waals surface area contributed by atoms with Gasteiger partial charge in [0.25, 0.3) is 0 Å². The normalized spacial score (nSPS) is 19.9. The van der Waals surface area contributed by atoms with E-state index in [1.807, 2.05) is 12.1 Å². The van der Waals surface area contributed by atoms with Crippen LogP contribution >= 0.6 is 0 Å². The zero-order valence-corrected chi connectivity index (χ0v) is 10.1. The molecule has 0 unspecified atom stereocenters. The Hall–Kier alpha value is -1.72. The first-order valence-electron chi connectivity index (χ1n) is 6.18. The van der Waals surface area contributed by atoms with E-state index < -0.39 is 0 Å². The summed E-state index contributed by atoms with van der Waals surface area (Å²) in [5.41, 5.74) is 2.27. The molecule has 2 aromatic rings. The number of nitrogens with zero attached hydrogens (tertiary/aromatic N) is 3. The number of benzene rings is 1. The van der Waals surface area contributed by atoms with Gasteiger partial charge >= 0.3 is 0 Å². The van der Waals surface area contributed by atoms with Crippen molar-refractivity contribution in [2.75, 3.05) is 19.8 Å². The molecular formula is C13H16N4O. The van der Waals surface area contributed by atoms with E-state index in [2.05, 4.69) is 27.6 Å². The van der Waals surface area contributed by atoms with Gasteiger partial charge in [0.1, 0.15) is 0 Å². The van der Waals surface area contributed by atoms with Gasteiger partial charge in [-0.25, -0.2) is 0 Å². The topological polar surface area (TPSA) is 52.0 Å². The summed E-state index contributed by atoms with van der Waals surface area (Å²) >= 11 is 0. The standard InChI is InChI=1S/C13H16N4O/c1-2-11(8-12-10-18-7-6-14-12)9-13(3-1)17-15-4-5-16-17/h1-5,9,12,14H,6-8,10H2/t12-/m0/s1. The summed E-state index contributed by atoms with van der Waals surface area (Å²) in [6.45, 7) is 2.53. The highest BCUT2D eigenvalue weighted by atomic mass is 16.5. The zero-order valence-electron chi connectivity index (χ0n) is 10.1. The Balaban J connectivity index is 1.74. The molecule has 0 saturated carbocycles. The molecule has 5 heteroatoms. The molecule has 2 heterocycles. The molecule has 1 aromatic heterocycles. The third kappa shape index (κ3) is 2.57. The number of hydrogen-bond acceptors (Lipinski definition) is 4. The maximum atomic E-state index is 5.46. The summed E-state index contributed by atoms with van der Waals surface area (Å²) in [6.07, 6.45) is 4.33. The van der Waals surface area contributed by atoms with Crippen LogP contribution in [0.3, 0.4) is 0 Å². The van der Waals surface area contributed by atoms with Crippen LogP contribution in [0.5, 0.6) is 0 Å². The molecule has 0 spiro atoms. The lowest BCUT2D eigenvalue weighted by molar-refractivity contribution is 0.0770. The van der Waals surface area contributed by atoms with Crippen molar-refractivity contribution in [3.8, 4) is 5.69 Å². The van der Waals surface area contributed by atoms with Gasteiger partial charge in [0.2, 0.25) is 0 Å². The van der Waals surface area contributed by atoms with Crippen LogP contribution in [-0.2, 0) is 11.2 Å². The average molecular weight is 244 g/mol. The Morgan fingerprint density at radius 1 is 1.33 bits per heavy atom. The average Bonchev–Trinajstić information content (AvgIpc) is 2.94. The second-order valence-corrected chi connectivity index (χ2v) is 4.42. The number of hydrogen-bond donors (Lipinski definition) is 1. The van der Waals surface area contributed by atoms with Gasteiger partial charge in [-0.1, -0.05) is 12.1 Å². The van der Waals surface area contributed by atoms with Gasteiger partial charge in [0, 0.05) is 12.6 Å². The first-order chi connectivity index (χ1) is 8.92. The van der Waals surface area contributed by atoms with Crippen molar-refractivity contribution in [1.82, 2.24) is 20.3 Å². The van der Waals surface area contributed by atoms with Crippen molar-refractivity contribution in [2.24, 2.45) is 0 Å². The van der Waals surface area contributed by atoms with Gasteiger partial charge in [-0.3, -0.25) is 0 Å². The van der Waals surface area contributed by atoms with Gasteiger partial charge in [-0.15, -0.1) is 0 Å². The van der Waals surface area contributed by atoms with E-state index in [4.69, 9.17) is 4.74 Å². The number of rotatable bonds is 3. The maximum Gasteiger partial charge on any atom is 0.0859 e. The van der Waals surface area contributed by atoms with Gasteiger partial charge in [-0.2, -0.15) is 15.0 Å². The summed E-state index contributed by atoms with van der Waals surface area (Å²) in [4.78, 5) is 1.63. The van der Waals surface area contributed by atoms with E-state index in [0.29, 0.717) is 6.04 Å². The van der Waals surface area contributed by atoms with Crippen molar-refractivity contribution in [3.63, 3.8) is 0 Å². The minimum absolute atomic E-state index is 0.402. The van der Waals surface area contributed by atoms with Crippen molar-refractivity contribution in [3.05, 3.63) is 42.2 Å². The molecule has 1 N–H and O–H groups in total. The second kappa shape index (κ2) is 5.29. The van der Waals surface area contributed by atoms with Gasteiger partial charge < -0.3 is 10.1 Å². The third-order valence-electron chi connectivity index (χ3n) is 3.04. The van der Waals surface area contributed by atoms with Crippen LogP contribution in [0.25, 0.3) is 5.69 Å². The molecule has 0 aliphatic carbocycles. The molecular weight excluding hydrogens is 228 g/mol.